The molecule has 0 unspecified atom stereocenters. The third-order valence-electron chi connectivity index (χ3n) is 2.47. The summed E-state index contributed by atoms with van der Waals surface area (Å²) < 4.78 is 5.29. The molecule has 0 bridgehead atoms. The van der Waals surface area contributed by atoms with Crippen molar-refractivity contribution in [2.45, 2.75) is 19.8 Å². The highest BCUT2D eigenvalue weighted by Gasteiger charge is 2.08. The van der Waals surface area contributed by atoms with E-state index in [0.29, 0.717) is 18.7 Å². The smallest absolute Gasteiger partial charge is 0.335 e. The lowest BCUT2D eigenvalue weighted by Crippen LogP contribution is -2.25. The Balaban J connectivity index is 2.37. The number of aromatic carboxylic acids is 1. The van der Waals surface area contributed by atoms with Gasteiger partial charge in [-0.2, -0.15) is 0 Å². The normalized spacial score (nSPS) is 10.2. The second-order valence-electron chi connectivity index (χ2n) is 4.11. The molecule has 0 atom stereocenters. The summed E-state index contributed by atoms with van der Waals surface area (Å²) >= 11 is 0. The van der Waals surface area contributed by atoms with Crippen LogP contribution in [0, 0.1) is 0 Å². The summed E-state index contributed by atoms with van der Waals surface area (Å²) in [6, 6.07) is 5.97. The Morgan fingerprint density at radius 1 is 1.26 bits per heavy atom. The van der Waals surface area contributed by atoms with Crippen LogP contribution in [0.2, 0.25) is 0 Å². The fraction of sp³-hybridized carbons (Fsp3) is 0.429. The number of carbonyl (C=O) groups is 2. The predicted molar refractivity (Wildman–Crippen MR) is 71.5 cm³/mol. The van der Waals surface area contributed by atoms with E-state index >= 15 is 0 Å². The van der Waals surface area contributed by atoms with Gasteiger partial charge in [-0.1, -0.05) is 13.0 Å². The number of benzene rings is 1. The van der Waals surface area contributed by atoms with E-state index in [9.17, 15) is 9.59 Å². The lowest BCUT2D eigenvalue weighted by molar-refractivity contribution is 0.0697. The van der Waals surface area contributed by atoms with E-state index in [2.05, 4.69) is 5.32 Å². The Labute approximate surface area is 112 Å². The van der Waals surface area contributed by atoms with Crippen LogP contribution in [0.25, 0.3) is 0 Å². The largest absolute Gasteiger partial charge is 0.478 e. The molecule has 0 saturated heterocycles. The summed E-state index contributed by atoms with van der Waals surface area (Å²) in [5.74, 6) is -1.30. The van der Waals surface area contributed by atoms with Crippen LogP contribution < -0.4 is 5.32 Å². The Morgan fingerprint density at radius 2 is 2.00 bits per heavy atom. The molecule has 0 aliphatic heterocycles. The molecule has 2 N–H and O–H groups in total. The third kappa shape index (κ3) is 5.52. The minimum Gasteiger partial charge on any atom is -0.478 e. The maximum atomic E-state index is 11.8. The lowest BCUT2D eigenvalue weighted by Gasteiger charge is -2.06. The summed E-state index contributed by atoms with van der Waals surface area (Å²) in [5.41, 5.74) is 0.466. The van der Waals surface area contributed by atoms with Crippen LogP contribution >= 0.6 is 0 Å². The number of nitrogens with one attached hydrogen (secondary N) is 1. The van der Waals surface area contributed by atoms with Gasteiger partial charge in [0, 0.05) is 25.3 Å². The number of hydrogen-bond donors (Lipinski definition) is 2. The van der Waals surface area contributed by atoms with E-state index in [0.717, 1.165) is 19.4 Å². The van der Waals surface area contributed by atoms with E-state index in [1.165, 1.54) is 12.1 Å². The van der Waals surface area contributed by atoms with Gasteiger partial charge in [0.15, 0.2) is 0 Å². The van der Waals surface area contributed by atoms with Crippen LogP contribution in [0.4, 0.5) is 0 Å². The summed E-state index contributed by atoms with van der Waals surface area (Å²) in [6.45, 7) is 3.90. The molecule has 0 heterocycles. The number of amides is 1. The van der Waals surface area contributed by atoms with Crippen LogP contribution in [0.1, 0.15) is 40.5 Å². The molecule has 1 aromatic rings. The highest BCUT2D eigenvalue weighted by molar-refractivity contribution is 5.97. The fourth-order valence-corrected chi connectivity index (χ4v) is 1.52. The molecule has 0 radical (unpaired) electrons. The molecule has 19 heavy (non-hydrogen) atoms. The van der Waals surface area contributed by atoms with Gasteiger partial charge >= 0.3 is 5.97 Å². The van der Waals surface area contributed by atoms with Gasteiger partial charge in [-0.15, -0.1) is 0 Å². The molecule has 0 aliphatic carbocycles. The Bertz CT molecular complexity index is 431. The van der Waals surface area contributed by atoms with Gasteiger partial charge in [0.05, 0.1) is 5.56 Å². The van der Waals surface area contributed by atoms with Crippen LogP contribution in [0.15, 0.2) is 24.3 Å². The lowest BCUT2D eigenvalue weighted by atomic mass is 10.1. The van der Waals surface area contributed by atoms with Crippen molar-refractivity contribution in [2.24, 2.45) is 0 Å². The van der Waals surface area contributed by atoms with Gasteiger partial charge in [0.25, 0.3) is 5.91 Å². The monoisotopic (exact) mass is 265 g/mol. The molecule has 1 aromatic carbocycles. The molecule has 104 valence electrons. The van der Waals surface area contributed by atoms with Crippen LogP contribution in [0.3, 0.4) is 0 Å². The van der Waals surface area contributed by atoms with E-state index in [1.54, 1.807) is 12.1 Å². The third-order valence-corrected chi connectivity index (χ3v) is 2.47. The number of hydrogen-bond acceptors (Lipinski definition) is 3. The first kappa shape index (κ1) is 15.2. The van der Waals surface area contributed by atoms with E-state index in [4.69, 9.17) is 9.84 Å². The van der Waals surface area contributed by atoms with E-state index in [-0.39, 0.29) is 11.5 Å². The number of ether oxygens (including phenoxy) is 1. The number of rotatable bonds is 8. The molecule has 0 aliphatic rings. The average molecular weight is 265 g/mol. The topological polar surface area (TPSA) is 75.6 Å². The molecule has 0 spiro atoms. The number of carboxylic acid groups (broad SMARTS) is 1. The maximum Gasteiger partial charge on any atom is 0.335 e. The van der Waals surface area contributed by atoms with Gasteiger partial charge in [-0.25, -0.2) is 4.79 Å². The number of carbonyl (C=O) groups excluding carboxylic acids is 1. The summed E-state index contributed by atoms with van der Waals surface area (Å²) in [6.07, 6.45) is 1.72. The number of carboxylic acids is 1. The van der Waals surface area contributed by atoms with Crippen molar-refractivity contribution in [2.75, 3.05) is 19.8 Å². The van der Waals surface area contributed by atoms with Gasteiger partial charge in [0.2, 0.25) is 0 Å². The molecule has 1 rings (SSSR count). The summed E-state index contributed by atoms with van der Waals surface area (Å²) in [5, 5.41) is 11.6. The minimum absolute atomic E-state index is 0.110. The van der Waals surface area contributed by atoms with Crippen molar-refractivity contribution in [3.8, 4) is 0 Å². The second-order valence-corrected chi connectivity index (χ2v) is 4.11. The summed E-state index contributed by atoms with van der Waals surface area (Å²) in [7, 11) is 0. The Kier molecular flexibility index (Phi) is 6.60. The first-order valence-corrected chi connectivity index (χ1v) is 6.34. The molecule has 0 aromatic heterocycles. The van der Waals surface area contributed by atoms with Gasteiger partial charge in [-0.3, -0.25) is 4.79 Å². The van der Waals surface area contributed by atoms with Crippen LogP contribution in [-0.4, -0.2) is 36.7 Å². The zero-order valence-corrected chi connectivity index (χ0v) is 11.0. The summed E-state index contributed by atoms with van der Waals surface area (Å²) in [4.78, 5) is 22.6. The maximum absolute atomic E-state index is 11.8. The van der Waals surface area contributed by atoms with Gasteiger partial charge in [0.1, 0.15) is 0 Å². The average Bonchev–Trinajstić information content (AvgIpc) is 2.42. The zero-order valence-electron chi connectivity index (χ0n) is 11.0. The van der Waals surface area contributed by atoms with E-state index in [1.807, 2.05) is 6.92 Å². The molecular formula is C14H19NO4. The minimum atomic E-state index is -1.04. The first-order valence-electron chi connectivity index (χ1n) is 6.34. The fourth-order valence-electron chi connectivity index (χ4n) is 1.52. The van der Waals surface area contributed by atoms with Crippen molar-refractivity contribution >= 4 is 11.9 Å². The molecule has 0 fully saturated rings. The SMILES string of the molecule is CCCOCCCNC(=O)c1cccc(C(=O)O)c1. The zero-order chi connectivity index (χ0) is 14.1. The van der Waals surface area contributed by atoms with Crippen LogP contribution in [0.5, 0.6) is 0 Å². The van der Waals surface area contributed by atoms with E-state index < -0.39 is 5.97 Å². The Hall–Kier alpha value is -1.88. The molecule has 5 heteroatoms. The van der Waals surface area contributed by atoms with Crippen molar-refractivity contribution < 1.29 is 19.4 Å². The van der Waals surface area contributed by atoms with Gasteiger partial charge < -0.3 is 15.2 Å². The van der Waals surface area contributed by atoms with Crippen molar-refractivity contribution in [3.63, 3.8) is 0 Å². The van der Waals surface area contributed by atoms with Crippen molar-refractivity contribution in [3.05, 3.63) is 35.4 Å². The molecule has 1 amide bonds. The quantitative estimate of drug-likeness (QED) is 0.704. The standard InChI is InChI=1S/C14H19NO4/c1-2-8-19-9-4-7-15-13(16)11-5-3-6-12(10-11)14(17)18/h3,5-6,10H,2,4,7-9H2,1H3,(H,15,16)(H,17,18). The molecular weight excluding hydrogens is 246 g/mol. The predicted octanol–water partition coefficient (Wildman–Crippen LogP) is 1.93. The van der Waals surface area contributed by atoms with Gasteiger partial charge in [-0.05, 0) is 31.0 Å². The van der Waals surface area contributed by atoms with Crippen molar-refractivity contribution in [1.29, 1.82) is 0 Å². The molecule has 5 nitrogen and oxygen atoms in total. The first-order chi connectivity index (χ1) is 9.15. The van der Waals surface area contributed by atoms with Crippen molar-refractivity contribution in [1.82, 2.24) is 5.32 Å². The molecule has 0 saturated carbocycles. The highest BCUT2D eigenvalue weighted by Crippen LogP contribution is 2.05. The second kappa shape index (κ2) is 8.26. The van der Waals surface area contributed by atoms with Crippen LogP contribution in [-0.2, 0) is 4.74 Å². The Morgan fingerprint density at radius 3 is 2.68 bits per heavy atom. The highest BCUT2D eigenvalue weighted by atomic mass is 16.5.